The van der Waals surface area contributed by atoms with Crippen LogP contribution in [-0.4, -0.2) is 12.4 Å². The van der Waals surface area contributed by atoms with Gasteiger partial charge < -0.3 is 0 Å². The minimum Gasteiger partial charge on any atom is -0.238 e. The van der Waals surface area contributed by atoms with E-state index in [0.717, 1.165) is 60.7 Å². The standard InChI is InChI=1S/C23H29NO2S/c1-4-6-10-20-21-11-8-9-13-23(21)24(22(20)12-7-5-2)27(25,26)19-16-14-18(3)15-17-19/h8-9,11,13-17H,4-7,10,12H2,1-3H3. The second kappa shape index (κ2) is 8.30. The molecule has 0 aliphatic carbocycles. The Balaban J connectivity index is 2.28. The molecule has 1 heterocycles. The van der Waals surface area contributed by atoms with E-state index in [2.05, 4.69) is 19.9 Å². The molecule has 4 heteroatoms. The van der Waals surface area contributed by atoms with Gasteiger partial charge in [0.15, 0.2) is 0 Å². The number of benzene rings is 2. The maximum Gasteiger partial charge on any atom is 0.268 e. The molecule has 0 aliphatic rings. The first-order chi connectivity index (χ1) is 13.0. The first-order valence-corrected chi connectivity index (χ1v) is 11.4. The van der Waals surface area contributed by atoms with Crippen molar-refractivity contribution in [2.75, 3.05) is 0 Å². The van der Waals surface area contributed by atoms with Crippen LogP contribution in [0.15, 0.2) is 53.4 Å². The van der Waals surface area contributed by atoms with E-state index in [1.165, 1.54) is 5.56 Å². The maximum absolute atomic E-state index is 13.6. The molecule has 144 valence electrons. The predicted octanol–water partition coefficient (Wildman–Crippen LogP) is 5.87. The lowest BCUT2D eigenvalue weighted by Gasteiger charge is -2.13. The number of unbranched alkanes of at least 4 members (excludes halogenated alkanes) is 2. The Morgan fingerprint density at radius 3 is 2.15 bits per heavy atom. The third-order valence-electron chi connectivity index (χ3n) is 5.15. The number of hydrogen-bond donors (Lipinski definition) is 0. The van der Waals surface area contributed by atoms with Crippen molar-refractivity contribution in [1.82, 2.24) is 3.97 Å². The van der Waals surface area contributed by atoms with Gasteiger partial charge in [-0.1, -0.05) is 62.6 Å². The quantitative estimate of drug-likeness (QED) is 0.488. The lowest BCUT2D eigenvalue weighted by molar-refractivity contribution is 0.585. The molecule has 0 saturated carbocycles. The van der Waals surface area contributed by atoms with E-state index in [9.17, 15) is 8.42 Å². The molecule has 3 nitrogen and oxygen atoms in total. The summed E-state index contributed by atoms with van der Waals surface area (Å²) in [5.41, 5.74) is 4.03. The Hall–Kier alpha value is -2.07. The van der Waals surface area contributed by atoms with E-state index in [1.54, 1.807) is 16.1 Å². The van der Waals surface area contributed by atoms with Gasteiger partial charge in [-0.25, -0.2) is 12.4 Å². The van der Waals surface area contributed by atoms with E-state index in [1.807, 2.05) is 37.3 Å². The molecule has 0 amide bonds. The van der Waals surface area contributed by atoms with Crippen LogP contribution >= 0.6 is 0 Å². The number of nitrogens with zero attached hydrogens (tertiary/aromatic N) is 1. The Morgan fingerprint density at radius 1 is 0.852 bits per heavy atom. The molecule has 3 rings (SSSR count). The van der Waals surface area contributed by atoms with Crippen LogP contribution < -0.4 is 0 Å². The highest BCUT2D eigenvalue weighted by atomic mass is 32.2. The minimum absolute atomic E-state index is 0.355. The molecule has 0 fully saturated rings. The Bertz CT molecular complexity index is 1010. The topological polar surface area (TPSA) is 39.1 Å². The average molecular weight is 384 g/mol. The molecular weight excluding hydrogens is 354 g/mol. The van der Waals surface area contributed by atoms with Gasteiger partial charge in [0.2, 0.25) is 0 Å². The third kappa shape index (κ3) is 3.81. The van der Waals surface area contributed by atoms with Crippen LogP contribution in [0.5, 0.6) is 0 Å². The fraction of sp³-hybridized carbons (Fsp3) is 0.391. The third-order valence-corrected chi connectivity index (χ3v) is 6.91. The van der Waals surface area contributed by atoms with E-state index in [-0.39, 0.29) is 0 Å². The molecule has 3 aromatic rings. The number of aromatic nitrogens is 1. The van der Waals surface area contributed by atoms with Crippen molar-refractivity contribution in [2.45, 2.75) is 64.2 Å². The zero-order valence-electron chi connectivity index (χ0n) is 16.5. The van der Waals surface area contributed by atoms with Gasteiger partial charge in [0.05, 0.1) is 10.4 Å². The zero-order chi connectivity index (χ0) is 19.4. The molecule has 0 N–H and O–H groups in total. The SMILES string of the molecule is CCCCc1c(CCCC)n(S(=O)(=O)c2ccc(C)cc2)c2ccccc12. The van der Waals surface area contributed by atoms with Crippen molar-refractivity contribution in [1.29, 1.82) is 0 Å². The molecule has 0 spiro atoms. The van der Waals surface area contributed by atoms with Crippen molar-refractivity contribution in [2.24, 2.45) is 0 Å². The number of rotatable bonds is 8. The van der Waals surface area contributed by atoms with E-state index < -0.39 is 10.0 Å². The number of para-hydroxylation sites is 1. The highest BCUT2D eigenvalue weighted by Gasteiger charge is 2.26. The summed E-state index contributed by atoms with van der Waals surface area (Å²) in [6, 6.07) is 15.1. The normalized spacial score (nSPS) is 12.0. The lowest BCUT2D eigenvalue weighted by Crippen LogP contribution is -2.16. The number of hydrogen-bond acceptors (Lipinski definition) is 2. The van der Waals surface area contributed by atoms with Crippen LogP contribution in [-0.2, 0) is 22.9 Å². The van der Waals surface area contributed by atoms with Crippen LogP contribution in [0.1, 0.15) is 56.4 Å². The molecular formula is C23H29NO2S. The van der Waals surface area contributed by atoms with Crippen LogP contribution in [0.3, 0.4) is 0 Å². The molecule has 0 radical (unpaired) electrons. The Kier molecular flexibility index (Phi) is 6.05. The van der Waals surface area contributed by atoms with Gasteiger partial charge in [0, 0.05) is 11.1 Å². The molecule has 0 atom stereocenters. The summed E-state index contributed by atoms with van der Waals surface area (Å²) in [5.74, 6) is 0. The van der Waals surface area contributed by atoms with Crippen molar-refractivity contribution in [3.63, 3.8) is 0 Å². The first kappa shape index (κ1) is 19.7. The molecule has 0 bridgehead atoms. The van der Waals surface area contributed by atoms with Crippen LogP contribution in [0.2, 0.25) is 0 Å². The van der Waals surface area contributed by atoms with Crippen LogP contribution in [0, 0.1) is 6.92 Å². The highest BCUT2D eigenvalue weighted by Crippen LogP contribution is 2.32. The van der Waals surface area contributed by atoms with Gasteiger partial charge in [-0.3, -0.25) is 0 Å². The second-order valence-electron chi connectivity index (χ2n) is 7.23. The average Bonchev–Trinajstić information content (AvgIpc) is 2.99. The van der Waals surface area contributed by atoms with Crippen molar-refractivity contribution < 1.29 is 8.42 Å². The molecule has 0 aliphatic heterocycles. The zero-order valence-corrected chi connectivity index (χ0v) is 17.3. The maximum atomic E-state index is 13.6. The van der Waals surface area contributed by atoms with Crippen LogP contribution in [0.25, 0.3) is 10.9 Å². The molecule has 1 aromatic heterocycles. The largest absolute Gasteiger partial charge is 0.268 e. The summed E-state index contributed by atoms with van der Waals surface area (Å²) in [4.78, 5) is 0.355. The van der Waals surface area contributed by atoms with Gasteiger partial charge in [-0.05, 0) is 56.4 Å². The summed E-state index contributed by atoms with van der Waals surface area (Å²) in [6.45, 7) is 6.29. The summed E-state index contributed by atoms with van der Waals surface area (Å²) < 4.78 is 28.8. The predicted molar refractivity (Wildman–Crippen MR) is 113 cm³/mol. The minimum atomic E-state index is -3.63. The number of aryl methyl sites for hydroxylation is 2. The Labute approximate surface area is 163 Å². The monoisotopic (exact) mass is 383 g/mol. The van der Waals surface area contributed by atoms with E-state index in [4.69, 9.17) is 0 Å². The van der Waals surface area contributed by atoms with Gasteiger partial charge >= 0.3 is 0 Å². The van der Waals surface area contributed by atoms with Gasteiger partial charge in [0.25, 0.3) is 10.0 Å². The fourth-order valence-corrected chi connectivity index (χ4v) is 5.25. The molecule has 0 saturated heterocycles. The first-order valence-electron chi connectivity index (χ1n) is 9.94. The van der Waals surface area contributed by atoms with Crippen molar-refractivity contribution in [3.8, 4) is 0 Å². The summed E-state index contributed by atoms with van der Waals surface area (Å²) in [6.07, 6.45) is 5.90. The molecule has 0 unspecified atom stereocenters. The lowest BCUT2D eigenvalue weighted by atomic mass is 10.0. The fourth-order valence-electron chi connectivity index (χ4n) is 3.65. The number of fused-ring (bicyclic) bond motifs is 1. The second-order valence-corrected chi connectivity index (χ2v) is 9.02. The molecule has 27 heavy (non-hydrogen) atoms. The van der Waals surface area contributed by atoms with Crippen molar-refractivity contribution in [3.05, 3.63) is 65.4 Å². The Morgan fingerprint density at radius 2 is 1.48 bits per heavy atom. The van der Waals surface area contributed by atoms with E-state index in [0.29, 0.717) is 4.90 Å². The van der Waals surface area contributed by atoms with Gasteiger partial charge in [-0.2, -0.15) is 0 Å². The van der Waals surface area contributed by atoms with Gasteiger partial charge in [0.1, 0.15) is 0 Å². The van der Waals surface area contributed by atoms with E-state index >= 15 is 0 Å². The highest BCUT2D eigenvalue weighted by molar-refractivity contribution is 7.90. The summed E-state index contributed by atoms with van der Waals surface area (Å²) >= 11 is 0. The summed E-state index contributed by atoms with van der Waals surface area (Å²) in [7, 11) is -3.63. The summed E-state index contributed by atoms with van der Waals surface area (Å²) in [5, 5.41) is 1.08. The molecule has 2 aromatic carbocycles. The van der Waals surface area contributed by atoms with Crippen LogP contribution in [0.4, 0.5) is 0 Å². The smallest absolute Gasteiger partial charge is 0.238 e. The van der Waals surface area contributed by atoms with Gasteiger partial charge in [-0.15, -0.1) is 0 Å². The van der Waals surface area contributed by atoms with Crippen molar-refractivity contribution >= 4 is 20.9 Å².